The number of anilines is 1. The van der Waals surface area contributed by atoms with Gasteiger partial charge in [-0.1, -0.05) is 41.9 Å². The Morgan fingerprint density at radius 2 is 1.64 bits per heavy atom. The second kappa shape index (κ2) is 15.5. The summed E-state index contributed by atoms with van der Waals surface area (Å²) in [6.07, 6.45) is 4.00. The lowest BCUT2D eigenvalue weighted by molar-refractivity contribution is 0.0935. The largest absolute Gasteiger partial charge is 0.487 e. The lowest BCUT2D eigenvalue weighted by atomic mass is 9.97. The van der Waals surface area contributed by atoms with Gasteiger partial charge in [0.2, 0.25) is 0 Å². The minimum absolute atomic E-state index is 0.0256. The molecule has 0 aliphatic carbocycles. The lowest BCUT2D eigenvalue weighted by Crippen LogP contribution is -2.40. The summed E-state index contributed by atoms with van der Waals surface area (Å²) < 4.78 is 51.3. The molecule has 14 heteroatoms. The quantitative estimate of drug-likeness (QED) is 0.134. The van der Waals surface area contributed by atoms with Crippen LogP contribution in [-0.4, -0.2) is 54.3 Å². The van der Waals surface area contributed by atoms with Gasteiger partial charge in [-0.15, -0.1) is 0 Å². The third kappa shape index (κ3) is 7.18. The van der Waals surface area contributed by atoms with E-state index in [0.717, 1.165) is 50.8 Å². The number of morpholine rings is 1. The molecule has 291 valence electrons. The van der Waals surface area contributed by atoms with Crippen molar-refractivity contribution in [3.05, 3.63) is 148 Å². The standard InChI is InChI=1S/C44H36ClF2N8O3/c1-26-15-35(44-48-25-50-53(44)3)32-9-5-11-40(42(32)51-26)57-22-28-7-4-8-31(17-28)54-13-14-56-24-39(54)34-18-29(46)19-37(45)36(34)23-58-41-12-6-10-33-38(16-27(2)52-43(33)41)55-21-30(47)20-49-55/h4-6,8-12,15-21,25,39H,13-14,22-24H2,1-3H3/t39-/m0/s1. The van der Waals surface area contributed by atoms with Crippen LogP contribution in [0.1, 0.15) is 34.1 Å². The van der Waals surface area contributed by atoms with Gasteiger partial charge in [0.05, 0.1) is 42.4 Å². The van der Waals surface area contributed by atoms with Crippen LogP contribution in [0.3, 0.4) is 0 Å². The van der Waals surface area contributed by atoms with Gasteiger partial charge in [0, 0.05) is 52.6 Å². The molecule has 1 radical (unpaired) electrons. The van der Waals surface area contributed by atoms with Gasteiger partial charge in [-0.25, -0.2) is 33.1 Å². The van der Waals surface area contributed by atoms with E-state index in [0.29, 0.717) is 59.3 Å². The summed E-state index contributed by atoms with van der Waals surface area (Å²) in [6.45, 7) is 5.38. The highest BCUT2D eigenvalue weighted by Gasteiger charge is 2.29. The first-order valence-corrected chi connectivity index (χ1v) is 19.0. The minimum atomic E-state index is -0.468. The van der Waals surface area contributed by atoms with Gasteiger partial charge in [0.1, 0.15) is 47.9 Å². The first kappa shape index (κ1) is 37.2. The normalized spacial score (nSPS) is 14.4. The predicted octanol–water partition coefficient (Wildman–Crippen LogP) is 8.85. The Morgan fingerprint density at radius 1 is 0.879 bits per heavy atom. The zero-order valence-electron chi connectivity index (χ0n) is 31.8. The summed E-state index contributed by atoms with van der Waals surface area (Å²) in [5, 5.41) is 10.3. The van der Waals surface area contributed by atoms with Gasteiger partial charge in [0.15, 0.2) is 11.6 Å². The summed E-state index contributed by atoms with van der Waals surface area (Å²) in [5.74, 6) is 0.944. The number of para-hydroxylation sites is 2. The van der Waals surface area contributed by atoms with Crippen LogP contribution in [0.5, 0.6) is 11.5 Å². The van der Waals surface area contributed by atoms with E-state index < -0.39 is 17.7 Å². The van der Waals surface area contributed by atoms with Crippen molar-refractivity contribution in [1.29, 1.82) is 0 Å². The number of hydrogen-bond acceptors (Lipinski definition) is 9. The van der Waals surface area contributed by atoms with E-state index in [9.17, 15) is 4.39 Å². The molecule has 4 aromatic heterocycles. The van der Waals surface area contributed by atoms with Gasteiger partial charge in [-0.3, -0.25) is 0 Å². The smallest absolute Gasteiger partial charge is 0.161 e. The number of aryl methyl sites for hydroxylation is 3. The van der Waals surface area contributed by atoms with Crippen molar-refractivity contribution in [2.24, 2.45) is 7.05 Å². The van der Waals surface area contributed by atoms with Crippen molar-refractivity contribution in [3.63, 3.8) is 0 Å². The monoisotopic (exact) mass is 797 g/mol. The Balaban J connectivity index is 0.993. The van der Waals surface area contributed by atoms with E-state index in [1.807, 2.05) is 87.6 Å². The topological polar surface area (TPSA) is 105 Å². The molecule has 9 rings (SSSR count). The highest BCUT2D eigenvalue weighted by molar-refractivity contribution is 6.31. The average molecular weight is 798 g/mol. The molecule has 1 saturated heterocycles. The predicted molar refractivity (Wildman–Crippen MR) is 216 cm³/mol. The van der Waals surface area contributed by atoms with Gasteiger partial charge >= 0.3 is 0 Å². The second-order valence-electron chi connectivity index (χ2n) is 14.1. The molecule has 58 heavy (non-hydrogen) atoms. The molecule has 11 nitrogen and oxygen atoms in total. The number of rotatable bonds is 10. The molecule has 1 aliphatic heterocycles. The molecule has 8 aromatic rings. The molecule has 0 unspecified atom stereocenters. The van der Waals surface area contributed by atoms with E-state index in [1.165, 1.54) is 29.3 Å². The van der Waals surface area contributed by atoms with E-state index in [4.69, 9.17) is 35.8 Å². The van der Waals surface area contributed by atoms with Crippen molar-refractivity contribution < 1.29 is 23.0 Å². The van der Waals surface area contributed by atoms with E-state index in [-0.39, 0.29) is 18.2 Å². The van der Waals surface area contributed by atoms with Gasteiger partial charge < -0.3 is 19.1 Å². The molecule has 0 amide bonds. The van der Waals surface area contributed by atoms with Crippen molar-refractivity contribution in [2.75, 3.05) is 24.7 Å². The third-order valence-corrected chi connectivity index (χ3v) is 10.5. The Hall–Kier alpha value is -6.44. The summed E-state index contributed by atoms with van der Waals surface area (Å²) in [6, 6.07) is 26.8. The number of ether oxygens (including phenoxy) is 3. The molecule has 0 saturated carbocycles. The van der Waals surface area contributed by atoms with Crippen molar-refractivity contribution >= 4 is 39.1 Å². The fraction of sp³-hybridized carbons (Fsp3) is 0.205. The molecular formula is C44H36ClF2N8O3. The maximum atomic E-state index is 15.2. The number of halogens is 3. The van der Waals surface area contributed by atoms with Crippen LogP contribution in [0.4, 0.5) is 14.5 Å². The summed E-state index contributed by atoms with van der Waals surface area (Å²) in [7, 11) is 1.86. The Kier molecular flexibility index (Phi) is 9.92. The molecule has 1 atom stereocenters. The van der Waals surface area contributed by atoms with Crippen LogP contribution in [-0.2, 0) is 25.0 Å². The summed E-state index contributed by atoms with van der Waals surface area (Å²) in [4.78, 5) is 16.2. The number of nitrogens with zero attached hydrogens (tertiary/aromatic N) is 8. The maximum Gasteiger partial charge on any atom is 0.161 e. The fourth-order valence-electron chi connectivity index (χ4n) is 7.57. The maximum absolute atomic E-state index is 15.2. The molecule has 1 fully saturated rings. The number of aromatic nitrogens is 7. The molecular weight excluding hydrogens is 762 g/mol. The third-order valence-electron chi connectivity index (χ3n) is 10.2. The first-order valence-electron chi connectivity index (χ1n) is 18.6. The molecule has 4 aromatic carbocycles. The van der Waals surface area contributed by atoms with Crippen LogP contribution < -0.4 is 14.4 Å². The SMILES string of the molecule is Cc1cc(-c2ncnn2C)c2cccc(OCc3[c]ccc(N4CCOC[C@H]4c4cc(F)cc(Cl)c4COc4cccc5c(-n6cc(F)cn6)cc(C)nc45)c3)c2n1. The van der Waals surface area contributed by atoms with Crippen LogP contribution in [0, 0.1) is 31.5 Å². The lowest BCUT2D eigenvalue weighted by Gasteiger charge is -2.39. The molecule has 0 bridgehead atoms. The van der Waals surface area contributed by atoms with E-state index >= 15 is 4.39 Å². The molecule has 0 spiro atoms. The number of fused-ring (bicyclic) bond motifs is 2. The van der Waals surface area contributed by atoms with Crippen LogP contribution in [0.15, 0.2) is 97.6 Å². The zero-order chi connectivity index (χ0) is 39.9. The molecule has 0 N–H and O–H groups in total. The van der Waals surface area contributed by atoms with Gasteiger partial charge in [0.25, 0.3) is 0 Å². The zero-order valence-corrected chi connectivity index (χ0v) is 32.5. The number of benzene rings is 4. The van der Waals surface area contributed by atoms with Crippen LogP contribution in [0.25, 0.3) is 38.9 Å². The van der Waals surface area contributed by atoms with Gasteiger partial charge in [-0.2, -0.15) is 10.2 Å². The summed E-state index contributed by atoms with van der Waals surface area (Å²) in [5.41, 5.74) is 7.39. The van der Waals surface area contributed by atoms with Crippen LogP contribution >= 0.6 is 11.6 Å². The highest BCUT2D eigenvalue weighted by Crippen LogP contribution is 2.38. The first-order chi connectivity index (χ1) is 28.2. The van der Waals surface area contributed by atoms with E-state index in [1.54, 1.807) is 4.68 Å². The van der Waals surface area contributed by atoms with Crippen molar-refractivity contribution in [3.8, 4) is 28.6 Å². The summed E-state index contributed by atoms with van der Waals surface area (Å²) >= 11 is 6.81. The fourth-order valence-corrected chi connectivity index (χ4v) is 7.84. The Labute approximate surface area is 337 Å². The van der Waals surface area contributed by atoms with Gasteiger partial charge in [-0.05, 0) is 79.6 Å². The number of hydrogen-bond donors (Lipinski definition) is 0. The number of pyridine rings is 2. The van der Waals surface area contributed by atoms with Crippen molar-refractivity contribution in [1.82, 2.24) is 34.5 Å². The average Bonchev–Trinajstić information content (AvgIpc) is 3.86. The minimum Gasteiger partial charge on any atom is -0.487 e. The second-order valence-corrected chi connectivity index (χ2v) is 14.5. The molecule has 1 aliphatic rings. The van der Waals surface area contributed by atoms with Crippen LogP contribution in [0.2, 0.25) is 5.02 Å². The molecule has 5 heterocycles. The Bertz CT molecular complexity index is 2830. The van der Waals surface area contributed by atoms with Crippen molar-refractivity contribution in [2.45, 2.75) is 33.1 Å². The highest BCUT2D eigenvalue weighted by atomic mass is 35.5. The van der Waals surface area contributed by atoms with E-state index in [2.05, 4.69) is 26.1 Å². The Morgan fingerprint density at radius 3 is 2.40 bits per heavy atom.